The molecule has 2 unspecified atom stereocenters. The molecule has 0 aliphatic carbocycles. The third-order valence-corrected chi connectivity index (χ3v) is 17.1. The normalized spacial score (nSPS) is 12.8. The second-order valence-corrected chi connectivity index (χ2v) is 25.3. The van der Waals surface area contributed by atoms with Crippen LogP contribution in [0.1, 0.15) is 399 Å². The number of rotatable bonds is 69. The number of aliphatic hydroxyl groups excluding tert-OH is 2. The molecule has 482 valence electrons. The Labute approximate surface area is 512 Å². The summed E-state index contributed by atoms with van der Waals surface area (Å²) in [6, 6.07) is -0.636. The molecule has 0 saturated carbocycles. The lowest BCUT2D eigenvalue weighted by molar-refractivity contribution is -0.143. The van der Waals surface area contributed by atoms with E-state index < -0.39 is 12.1 Å². The Morgan fingerprint density at radius 2 is 0.610 bits per heavy atom. The Kier molecular flexibility index (Phi) is 69.4. The second kappa shape index (κ2) is 71.3. The van der Waals surface area contributed by atoms with E-state index >= 15 is 0 Å². The van der Waals surface area contributed by atoms with Crippen LogP contribution in [0, 0.1) is 0 Å². The summed E-state index contributed by atoms with van der Waals surface area (Å²) in [7, 11) is 0. The number of carbonyl (C=O) groups excluding carboxylic acids is 2. The van der Waals surface area contributed by atoms with Crippen LogP contribution in [0.15, 0.2) is 48.6 Å². The van der Waals surface area contributed by atoms with Gasteiger partial charge in [-0.2, -0.15) is 0 Å². The van der Waals surface area contributed by atoms with Crippen molar-refractivity contribution in [1.29, 1.82) is 0 Å². The number of ether oxygens (including phenoxy) is 1. The lowest BCUT2D eigenvalue weighted by Crippen LogP contribution is -2.45. The van der Waals surface area contributed by atoms with Crippen LogP contribution < -0.4 is 5.32 Å². The highest BCUT2D eigenvalue weighted by Gasteiger charge is 2.18. The van der Waals surface area contributed by atoms with Crippen molar-refractivity contribution in [2.24, 2.45) is 0 Å². The van der Waals surface area contributed by atoms with Crippen molar-refractivity contribution in [2.45, 2.75) is 411 Å². The van der Waals surface area contributed by atoms with Crippen LogP contribution in [-0.2, 0) is 14.3 Å². The molecule has 6 nitrogen and oxygen atoms in total. The molecular formula is C76H143NO5. The van der Waals surface area contributed by atoms with Crippen molar-refractivity contribution in [2.75, 3.05) is 13.2 Å². The van der Waals surface area contributed by atoms with Crippen molar-refractivity contribution >= 4 is 11.9 Å². The monoisotopic (exact) mass is 1150 g/mol. The number of hydrogen-bond acceptors (Lipinski definition) is 5. The molecule has 0 aliphatic heterocycles. The van der Waals surface area contributed by atoms with Crippen LogP contribution in [0.2, 0.25) is 0 Å². The molecule has 0 heterocycles. The van der Waals surface area contributed by atoms with E-state index in [4.69, 9.17) is 4.74 Å². The van der Waals surface area contributed by atoms with E-state index in [1.54, 1.807) is 6.08 Å². The van der Waals surface area contributed by atoms with Crippen LogP contribution in [0.4, 0.5) is 0 Å². The van der Waals surface area contributed by atoms with Crippen molar-refractivity contribution in [3.63, 3.8) is 0 Å². The van der Waals surface area contributed by atoms with Crippen LogP contribution in [-0.4, -0.2) is 47.4 Å². The maximum Gasteiger partial charge on any atom is 0.305 e. The van der Waals surface area contributed by atoms with E-state index in [2.05, 4.69) is 55.6 Å². The van der Waals surface area contributed by atoms with Gasteiger partial charge in [0.2, 0.25) is 5.91 Å². The first-order valence-corrected chi connectivity index (χ1v) is 36.9. The maximum absolute atomic E-state index is 12.5. The summed E-state index contributed by atoms with van der Waals surface area (Å²) in [5, 5.41) is 23.3. The molecule has 3 N–H and O–H groups in total. The molecule has 0 rings (SSSR count). The van der Waals surface area contributed by atoms with Gasteiger partial charge in [0.15, 0.2) is 0 Å². The predicted octanol–water partition coefficient (Wildman–Crippen LogP) is 24.0. The van der Waals surface area contributed by atoms with Crippen molar-refractivity contribution in [3.8, 4) is 0 Å². The zero-order valence-electron chi connectivity index (χ0n) is 55.2. The van der Waals surface area contributed by atoms with Crippen molar-refractivity contribution in [3.05, 3.63) is 48.6 Å². The molecule has 0 bridgehead atoms. The number of allylic oxidation sites excluding steroid dienone is 7. The molecule has 0 aromatic carbocycles. The van der Waals surface area contributed by atoms with E-state index in [0.717, 1.165) is 57.8 Å². The molecule has 82 heavy (non-hydrogen) atoms. The summed E-state index contributed by atoms with van der Waals surface area (Å²) in [5.74, 6) is -0.0652. The summed E-state index contributed by atoms with van der Waals surface area (Å²) >= 11 is 0. The van der Waals surface area contributed by atoms with Crippen LogP contribution in [0.25, 0.3) is 0 Å². The van der Waals surface area contributed by atoms with Gasteiger partial charge in [-0.25, -0.2) is 0 Å². The van der Waals surface area contributed by atoms with Gasteiger partial charge in [-0.1, -0.05) is 345 Å². The molecular weight excluding hydrogens is 1010 g/mol. The summed E-state index contributed by atoms with van der Waals surface area (Å²) in [4.78, 5) is 24.7. The largest absolute Gasteiger partial charge is 0.466 e. The van der Waals surface area contributed by atoms with Gasteiger partial charge in [-0.05, 0) is 89.9 Å². The molecule has 0 spiro atoms. The summed E-state index contributed by atoms with van der Waals surface area (Å²) in [6.45, 7) is 4.91. The summed E-state index contributed by atoms with van der Waals surface area (Å²) in [5.41, 5.74) is 0. The Balaban J connectivity index is 3.44. The Bertz CT molecular complexity index is 1370. The van der Waals surface area contributed by atoms with Crippen molar-refractivity contribution in [1.82, 2.24) is 5.32 Å². The van der Waals surface area contributed by atoms with E-state index in [0.29, 0.717) is 19.4 Å². The minimum absolute atomic E-state index is 0.00612. The fourth-order valence-corrected chi connectivity index (χ4v) is 11.4. The molecule has 2 atom stereocenters. The van der Waals surface area contributed by atoms with Gasteiger partial charge in [0, 0.05) is 12.8 Å². The SMILES string of the molecule is CCCCC/C=C\C/C=C\CCCCCCCCCCCC(=O)OCCCCCCCCCCCCC/C=C\CCCCCCCCCC(=O)NC(CO)C(O)/C=C/CCCCCCCCCCCCCCCCCCCCCCCC. The van der Waals surface area contributed by atoms with Gasteiger partial charge in [0.1, 0.15) is 0 Å². The van der Waals surface area contributed by atoms with Crippen molar-refractivity contribution < 1.29 is 24.5 Å². The van der Waals surface area contributed by atoms with Gasteiger partial charge in [-0.3, -0.25) is 9.59 Å². The van der Waals surface area contributed by atoms with E-state index in [1.165, 1.54) is 315 Å². The number of amides is 1. The number of nitrogens with one attached hydrogen (secondary N) is 1. The number of hydrogen-bond donors (Lipinski definition) is 3. The van der Waals surface area contributed by atoms with Crippen LogP contribution in [0.3, 0.4) is 0 Å². The molecule has 0 aliphatic rings. The summed E-state index contributed by atoms with van der Waals surface area (Å²) in [6.07, 6.45) is 93.4. The quantitative estimate of drug-likeness (QED) is 0.0320. The molecule has 0 aromatic heterocycles. The Morgan fingerprint density at radius 3 is 0.963 bits per heavy atom. The highest BCUT2D eigenvalue weighted by molar-refractivity contribution is 5.76. The summed E-state index contributed by atoms with van der Waals surface area (Å²) < 4.78 is 5.50. The number of unbranched alkanes of at least 4 members (excludes halogenated alkanes) is 52. The standard InChI is InChI=1S/C76H143NO5/c1-3-5-7-9-11-13-15-17-19-21-23-24-25-26-29-33-36-40-44-48-52-56-60-64-68-74(79)73(72-78)77-75(80)69-65-61-57-53-49-45-41-37-34-30-27-28-31-35-39-43-47-51-55-59-63-67-71-82-76(81)70-66-62-58-54-50-46-42-38-32-22-20-18-16-14-12-10-8-6-4-2/h12,14,18,20,30,34,64,68,73-74,78-79H,3-11,13,15-17,19,21-29,31-33,35-63,65-67,69-72H2,1-2H3,(H,77,80)/b14-12-,20-18-,34-30-,68-64+. The fourth-order valence-electron chi connectivity index (χ4n) is 11.4. The Morgan fingerprint density at radius 1 is 0.341 bits per heavy atom. The van der Waals surface area contributed by atoms with Gasteiger partial charge in [0.25, 0.3) is 0 Å². The minimum Gasteiger partial charge on any atom is -0.466 e. The van der Waals surface area contributed by atoms with E-state index in [-0.39, 0.29) is 18.5 Å². The maximum atomic E-state index is 12.5. The smallest absolute Gasteiger partial charge is 0.305 e. The number of esters is 1. The fraction of sp³-hybridized carbons (Fsp3) is 0.868. The third kappa shape index (κ3) is 67.0. The van der Waals surface area contributed by atoms with Gasteiger partial charge >= 0.3 is 5.97 Å². The zero-order chi connectivity index (χ0) is 59.2. The third-order valence-electron chi connectivity index (χ3n) is 17.1. The first-order chi connectivity index (χ1) is 40.5. The van der Waals surface area contributed by atoms with Gasteiger partial charge < -0.3 is 20.3 Å². The predicted molar refractivity (Wildman–Crippen MR) is 361 cm³/mol. The minimum atomic E-state index is -0.851. The molecule has 6 heteroatoms. The van der Waals surface area contributed by atoms with E-state index in [9.17, 15) is 19.8 Å². The average molecular weight is 1150 g/mol. The van der Waals surface area contributed by atoms with Crippen LogP contribution >= 0.6 is 0 Å². The first-order valence-electron chi connectivity index (χ1n) is 36.9. The average Bonchev–Trinajstić information content (AvgIpc) is 3.48. The highest BCUT2D eigenvalue weighted by atomic mass is 16.5. The lowest BCUT2D eigenvalue weighted by Gasteiger charge is -2.20. The van der Waals surface area contributed by atoms with Gasteiger partial charge in [-0.15, -0.1) is 0 Å². The zero-order valence-corrected chi connectivity index (χ0v) is 55.2. The molecule has 0 fully saturated rings. The lowest BCUT2D eigenvalue weighted by atomic mass is 10.0. The van der Waals surface area contributed by atoms with E-state index in [1.807, 2.05) is 6.08 Å². The highest BCUT2D eigenvalue weighted by Crippen LogP contribution is 2.18. The Hall–Kier alpha value is -2.18. The van der Waals surface area contributed by atoms with Gasteiger partial charge in [0.05, 0.1) is 25.4 Å². The number of carbonyl (C=O) groups is 2. The van der Waals surface area contributed by atoms with Crippen LogP contribution in [0.5, 0.6) is 0 Å². The molecule has 0 radical (unpaired) electrons. The first kappa shape index (κ1) is 79.8. The number of aliphatic hydroxyl groups is 2. The molecule has 1 amide bonds. The topological polar surface area (TPSA) is 95.9 Å². The molecule has 0 saturated heterocycles. The second-order valence-electron chi connectivity index (χ2n) is 25.3. The molecule has 0 aromatic rings.